The van der Waals surface area contributed by atoms with E-state index in [4.69, 9.17) is 9.15 Å². The van der Waals surface area contributed by atoms with Crippen LogP contribution in [0, 0.1) is 6.92 Å². The summed E-state index contributed by atoms with van der Waals surface area (Å²) in [7, 11) is 0. The van der Waals surface area contributed by atoms with Crippen molar-refractivity contribution >= 4 is 17.7 Å². The molecule has 0 amide bonds. The van der Waals surface area contributed by atoms with Crippen molar-refractivity contribution in [1.29, 1.82) is 0 Å². The molecule has 1 heterocycles. The first-order chi connectivity index (χ1) is 9.37. The van der Waals surface area contributed by atoms with Crippen LogP contribution >= 0.6 is 11.8 Å². The molecular formula is C13H23N3O3S. The molecule has 1 unspecified atom stereocenters. The van der Waals surface area contributed by atoms with E-state index in [0.29, 0.717) is 29.9 Å². The monoisotopic (exact) mass is 301 g/mol. The lowest BCUT2D eigenvalue weighted by Gasteiger charge is -2.30. The number of esters is 1. The summed E-state index contributed by atoms with van der Waals surface area (Å²) in [6.07, 6.45) is 0.621. The van der Waals surface area contributed by atoms with Gasteiger partial charge >= 0.3 is 5.97 Å². The number of nitrogens with one attached hydrogen (secondary N) is 1. The summed E-state index contributed by atoms with van der Waals surface area (Å²) in [6.45, 7) is 9.82. The summed E-state index contributed by atoms with van der Waals surface area (Å²) in [4.78, 5) is 12.1. The molecule has 0 spiro atoms. The summed E-state index contributed by atoms with van der Waals surface area (Å²) in [5.74, 6) is 1.01. The maximum absolute atomic E-state index is 12.1. The molecule has 6 nitrogen and oxygen atoms in total. The standard InChI is InChI=1S/C13H23N3O3S/c1-6-18-11(17)13(5,14-9(2)3)7-8-20-12-16-15-10(4)19-12/h9,14H,6-8H2,1-5H3. The third-order valence-electron chi connectivity index (χ3n) is 2.67. The average molecular weight is 301 g/mol. The molecule has 1 rings (SSSR count). The van der Waals surface area contributed by atoms with Gasteiger partial charge in [0.25, 0.3) is 5.22 Å². The average Bonchev–Trinajstić information content (AvgIpc) is 2.74. The summed E-state index contributed by atoms with van der Waals surface area (Å²) in [6, 6.07) is 0.194. The van der Waals surface area contributed by atoms with Crippen molar-refractivity contribution in [3.05, 3.63) is 5.89 Å². The van der Waals surface area contributed by atoms with Gasteiger partial charge in [0.1, 0.15) is 5.54 Å². The quantitative estimate of drug-likeness (QED) is 0.582. The van der Waals surface area contributed by atoms with Crippen LogP contribution in [0.2, 0.25) is 0 Å². The van der Waals surface area contributed by atoms with E-state index in [1.54, 1.807) is 6.92 Å². The normalized spacial score (nSPS) is 14.3. The first kappa shape index (κ1) is 17.0. The molecule has 0 aromatic carbocycles. The van der Waals surface area contributed by atoms with Crippen molar-refractivity contribution in [3.63, 3.8) is 0 Å². The number of carbonyl (C=O) groups is 1. The van der Waals surface area contributed by atoms with Gasteiger partial charge in [0.2, 0.25) is 5.89 Å². The first-order valence-electron chi connectivity index (χ1n) is 6.75. The smallest absolute Gasteiger partial charge is 0.326 e. The summed E-state index contributed by atoms with van der Waals surface area (Å²) in [5, 5.41) is 11.5. The third-order valence-corrected chi connectivity index (χ3v) is 3.49. The molecule has 0 aliphatic heterocycles. The second kappa shape index (κ2) is 7.64. The van der Waals surface area contributed by atoms with Crippen LogP contribution in [0.15, 0.2) is 9.64 Å². The van der Waals surface area contributed by atoms with E-state index in [0.717, 1.165) is 0 Å². The van der Waals surface area contributed by atoms with Crippen LogP contribution in [0.4, 0.5) is 0 Å². The van der Waals surface area contributed by atoms with Gasteiger partial charge < -0.3 is 9.15 Å². The van der Waals surface area contributed by atoms with Crippen molar-refractivity contribution in [2.45, 2.75) is 57.8 Å². The molecule has 1 atom stereocenters. The highest BCUT2D eigenvalue weighted by molar-refractivity contribution is 7.99. The Morgan fingerprint density at radius 1 is 1.50 bits per heavy atom. The van der Waals surface area contributed by atoms with Gasteiger partial charge in [0.15, 0.2) is 0 Å². The number of ether oxygens (including phenoxy) is 1. The Balaban J connectivity index is 2.57. The van der Waals surface area contributed by atoms with Crippen LogP contribution in [-0.4, -0.2) is 40.1 Å². The Hall–Kier alpha value is -1.08. The van der Waals surface area contributed by atoms with Crippen molar-refractivity contribution < 1.29 is 13.9 Å². The second-order valence-electron chi connectivity index (χ2n) is 5.04. The number of aryl methyl sites for hydroxylation is 1. The molecule has 7 heteroatoms. The van der Waals surface area contributed by atoms with E-state index in [1.165, 1.54) is 11.8 Å². The zero-order valence-electron chi connectivity index (χ0n) is 12.7. The first-order valence-corrected chi connectivity index (χ1v) is 7.73. The van der Waals surface area contributed by atoms with Crippen LogP contribution in [-0.2, 0) is 9.53 Å². The van der Waals surface area contributed by atoms with Crippen molar-refractivity contribution in [3.8, 4) is 0 Å². The van der Waals surface area contributed by atoms with Gasteiger partial charge in [-0.15, -0.1) is 10.2 Å². The van der Waals surface area contributed by atoms with Crippen LogP contribution in [0.5, 0.6) is 0 Å². The Morgan fingerprint density at radius 3 is 2.70 bits per heavy atom. The van der Waals surface area contributed by atoms with Gasteiger partial charge in [-0.05, 0) is 34.1 Å². The summed E-state index contributed by atoms with van der Waals surface area (Å²) >= 11 is 1.44. The lowest BCUT2D eigenvalue weighted by molar-refractivity contribution is -0.150. The van der Waals surface area contributed by atoms with Gasteiger partial charge in [-0.3, -0.25) is 10.1 Å². The number of nitrogens with zero attached hydrogens (tertiary/aromatic N) is 2. The number of rotatable bonds is 8. The van der Waals surface area contributed by atoms with E-state index in [1.807, 2.05) is 27.7 Å². The highest BCUT2D eigenvalue weighted by atomic mass is 32.2. The number of carbonyl (C=O) groups excluding carboxylic acids is 1. The third kappa shape index (κ3) is 5.13. The van der Waals surface area contributed by atoms with Crippen LogP contribution < -0.4 is 5.32 Å². The van der Waals surface area contributed by atoms with Gasteiger partial charge in [0, 0.05) is 18.7 Å². The zero-order chi connectivity index (χ0) is 15.2. The van der Waals surface area contributed by atoms with E-state index >= 15 is 0 Å². The zero-order valence-corrected chi connectivity index (χ0v) is 13.5. The Morgan fingerprint density at radius 2 is 2.20 bits per heavy atom. The minimum Gasteiger partial charge on any atom is -0.465 e. The molecule has 0 aliphatic rings. The van der Waals surface area contributed by atoms with Gasteiger partial charge in [0.05, 0.1) is 6.61 Å². The lowest BCUT2D eigenvalue weighted by Crippen LogP contribution is -2.53. The lowest BCUT2D eigenvalue weighted by atomic mass is 9.98. The van der Waals surface area contributed by atoms with Crippen LogP contribution in [0.3, 0.4) is 0 Å². The van der Waals surface area contributed by atoms with E-state index in [-0.39, 0.29) is 12.0 Å². The maximum Gasteiger partial charge on any atom is 0.326 e. The fourth-order valence-corrected chi connectivity index (χ4v) is 2.80. The van der Waals surface area contributed by atoms with Crippen LogP contribution in [0.1, 0.15) is 40.0 Å². The van der Waals surface area contributed by atoms with E-state index in [9.17, 15) is 4.79 Å². The molecule has 0 fully saturated rings. The Bertz CT molecular complexity index is 436. The molecule has 114 valence electrons. The van der Waals surface area contributed by atoms with Gasteiger partial charge in [-0.2, -0.15) is 0 Å². The Kier molecular flexibility index (Phi) is 6.48. The SMILES string of the molecule is CCOC(=O)C(C)(CCSc1nnc(C)o1)NC(C)C. The van der Waals surface area contributed by atoms with Crippen molar-refractivity contribution in [2.75, 3.05) is 12.4 Å². The second-order valence-corrected chi connectivity index (χ2v) is 6.08. The fraction of sp³-hybridized carbons (Fsp3) is 0.769. The highest BCUT2D eigenvalue weighted by Crippen LogP contribution is 2.22. The summed E-state index contributed by atoms with van der Waals surface area (Å²) in [5.41, 5.74) is -0.702. The van der Waals surface area contributed by atoms with E-state index in [2.05, 4.69) is 15.5 Å². The minimum absolute atomic E-state index is 0.194. The fourth-order valence-electron chi connectivity index (χ4n) is 1.84. The topological polar surface area (TPSA) is 77.2 Å². The van der Waals surface area contributed by atoms with Crippen molar-refractivity contribution in [2.24, 2.45) is 0 Å². The maximum atomic E-state index is 12.1. The number of hydrogen-bond acceptors (Lipinski definition) is 7. The molecule has 0 saturated carbocycles. The molecule has 1 aromatic heterocycles. The number of thioether (sulfide) groups is 1. The predicted octanol–water partition coefficient (Wildman–Crippen LogP) is 2.18. The molecule has 20 heavy (non-hydrogen) atoms. The molecule has 0 saturated heterocycles. The number of aromatic nitrogens is 2. The largest absolute Gasteiger partial charge is 0.465 e. The minimum atomic E-state index is -0.702. The summed E-state index contributed by atoms with van der Waals surface area (Å²) < 4.78 is 10.4. The van der Waals surface area contributed by atoms with Crippen molar-refractivity contribution in [1.82, 2.24) is 15.5 Å². The molecular weight excluding hydrogens is 278 g/mol. The Labute approximate surface area is 124 Å². The van der Waals surface area contributed by atoms with E-state index < -0.39 is 5.54 Å². The van der Waals surface area contributed by atoms with Gasteiger partial charge in [-0.25, -0.2) is 0 Å². The molecule has 1 N–H and O–H groups in total. The molecule has 0 aliphatic carbocycles. The highest BCUT2D eigenvalue weighted by Gasteiger charge is 2.34. The number of hydrogen-bond donors (Lipinski definition) is 1. The predicted molar refractivity (Wildman–Crippen MR) is 77.7 cm³/mol. The molecule has 0 radical (unpaired) electrons. The van der Waals surface area contributed by atoms with Gasteiger partial charge in [-0.1, -0.05) is 11.8 Å². The molecule has 0 bridgehead atoms. The van der Waals surface area contributed by atoms with Crippen LogP contribution in [0.25, 0.3) is 0 Å². The molecule has 1 aromatic rings.